The highest BCUT2D eigenvalue weighted by molar-refractivity contribution is 6.07. The van der Waals surface area contributed by atoms with Crippen LogP contribution in [0.4, 0.5) is 5.69 Å². The van der Waals surface area contributed by atoms with Gasteiger partial charge in [0.1, 0.15) is 11.5 Å². The van der Waals surface area contributed by atoms with E-state index in [9.17, 15) is 9.59 Å². The van der Waals surface area contributed by atoms with E-state index in [1.807, 2.05) is 0 Å². The van der Waals surface area contributed by atoms with Crippen LogP contribution in [0.5, 0.6) is 0 Å². The number of fused-ring (bicyclic) bond motifs is 1. The number of esters is 1. The smallest absolute Gasteiger partial charge is 0.359 e. The maximum Gasteiger partial charge on any atom is 0.359 e. The molecule has 7 nitrogen and oxygen atoms in total. The molecule has 3 aromatic rings. The number of furan rings is 1. The second kappa shape index (κ2) is 5.60. The first-order valence-corrected chi connectivity index (χ1v) is 6.94. The number of H-pyrrole nitrogens is 1. The number of nitrogens with one attached hydrogen (secondary N) is 2. The second-order valence-corrected chi connectivity index (χ2v) is 5.11. The first kappa shape index (κ1) is 14.8. The largest absolute Gasteiger partial charge is 0.466 e. The molecule has 0 aliphatic rings. The molecule has 7 heteroatoms. The third kappa shape index (κ3) is 2.68. The molecule has 0 unspecified atom stereocenters. The van der Waals surface area contributed by atoms with Crippen LogP contribution < -0.4 is 5.32 Å². The van der Waals surface area contributed by atoms with Gasteiger partial charge in [-0.3, -0.25) is 9.89 Å². The fourth-order valence-electron chi connectivity index (χ4n) is 2.40. The second-order valence-electron chi connectivity index (χ2n) is 5.11. The van der Waals surface area contributed by atoms with Gasteiger partial charge in [0.2, 0.25) is 0 Å². The van der Waals surface area contributed by atoms with Crippen molar-refractivity contribution in [2.45, 2.75) is 13.8 Å². The SMILES string of the molecule is COC(=O)c1n[nH]c2ccc(NC(=O)c3cc(C)oc3C)cc12. The van der Waals surface area contributed by atoms with Gasteiger partial charge in [0.05, 0.1) is 18.2 Å². The van der Waals surface area contributed by atoms with Crippen LogP contribution in [-0.2, 0) is 4.74 Å². The van der Waals surface area contributed by atoms with Gasteiger partial charge in [-0.15, -0.1) is 0 Å². The Kier molecular flexibility index (Phi) is 3.61. The van der Waals surface area contributed by atoms with Crippen molar-refractivity contribution >= 4 is 28.5 Å². The first-order valence-electron chi connectivity index (χ1n) is 6.94. The number of aryl methyl sites for hydroxylation is 2. The lowest BCUT2D eigenvalue weighted by Crippen LogP contribution is -2.12. The Hall–Kier alpha value is -3.09. The molecule has 2 N–H and O–H groups in total. The lowest BCUT2D eigenvalue weighted by Gasteiger charge is -2.04. The van der Waals surface area contributed by atoms with Crippen LogP contribution in [0.1, 0.15) is 32.4 Å². The number of benzene rings is 1. The summed E-state index contributed by atoms with van der Waals surface area (Å²) in [6.07, 6.45) is 0. The predicted molar refractivity (Wildman–Crippen MR) is 83.6 cm³/mol. The minimum absolute atomic E-state index is 0.175. The molecule has 1 aromatic carbocycles. The number of carbonyl (C=O) groups excluding carboxylic acids is 2. The van der Waals surface area contributed by atoms with E-state index in [4.69, 9.17) is 9.15 Å². The lowest BCUT2D eigenvalue weighted by molar-refractivity contribution is 0.0596. The number of carbonyl (C=O) groups is 2. The third-order valence-electron chi connectivity index (χ3n) is 3.49. The molecule has 0 aliphatic heterocycles. The van der Waals surface area contributed by atoms with E-state index in [0.717, 1.165) is 0 Å². The molecule has 0 bridgehead atoms. The average Bonchev–Trinajstić information content (AvgIpc) is 3.09. The number of nitrogens with zero attached hydrogens (tertiary/aromatic N) is 1. The van der Waals surface area contributed by atoms with Gasteiger partial charge in [-0.25, -0.2) is 4.79 Å². The molecule has 0 saturated heterocycles. The van der Waals surface area contributed by atoms with Crippen molar-refractivity contribution in [1.29, 1.82) is 0 Å². The molecule has 0 saturated carbocycles. The summed E-state index contributed by atoms with van der Waals surface area (Å²) < 4.78 is 10.0. The van der Waals surface area contributed by atoms with Crippen molar-refractivity contribution in [3.63, 3.8) is 0 Å². The third-order valence-corrected chi connectivity index (χ3v) is 3.49. The molecule has 23 heavy (non-hydrogen) atoms. The maximum atomic E-state index is 12.3. The fraction of sp³-hybridized carbons (Fsp3) is 0.188. The summed E-state index contributed by atoms with van der Waals surface area (Å²) >= 11 is 0. The highest BCUT2D eigenvalue weighted by atomic mass is 16.5. The maximum absolute atomic E-state index is 12.3. The molecule has 0 spiro atoms. The molecule has 0 fully saturated rings. The van der Waals surface area contributed by atoms with Crippen LogP contribution in [0.3, 0.4) is 0 Å². The van der Waals surface area contributed by atoms with Gasteiger partial charge in [-0.05, 0) is 38.1 Å². The number of aromatic nitrogens is 2. The van der Waals surface area contributed by atoms with Crippen molar-refractivity contribution in [1.82, 2.24) is 10.2 Å². The predicted octanol–water partition coefficient (Wildman–Crippen LogP) is 2.81. The van der Waals surface area contributed by atoms with Gasteiger partial charge in [-0.2, -0.15) is 5.10 Å². The molecule has 0 atom stereocenters. The first-order chi connectivity index (χ1) is 11.0. The molecule has 0 radical (unpaired) electrons. The van der Waals surface area contributed by atoms with Gasteiger partial charge in [-0.1, -0.05) is 0 Å². The van der Waals surface area contributed by atoms with Gasteiger partial charge in [0, 0.05) is 11.1 Å². The van der Waals surface area contributed by atoms with Crippen LogP contribution in [-0.4, -0.2) is 29.2 Å². The molecule has 0 aliphatic carbocycles. The van der Waals surface area contributed by atoms with Crippen molar-refractivity contribution in [2.75, 3.05) is 12.4 Å². The minimum Gasteiger partial charge on any atom is -0.466 e. The van der Waals surface area contributed by atoms with Crippen LogP contribution in [0.15, 0.2) is 28.7 Å². The summed E-state index contributed by atoms with van der Waals surface area (Å²) in [6.45, 7) is 3.51. The molecule has 3 rings (SSSR count). The minimum atomic E-state index is -0.541. The lowest BCUT2D eigenvalue weighted by atomic mass is 10.1. The molecule has 2 heterocycles. The van der Waals surface area contributed by atoms with Crippen LogP contribution >= 0.6 is 0 Å². The number of rotatable bonds is 3. The Morgan fingerprint density at radius 2 is 2.04 bits per heavy atom. The van der Waals surface area contributed by atoms with E-state index in [1.54, 1.807) is 38.1 Å². The molecule has 1 amide bonds. The van der Waals surface area contributed by atoms with E-state index in [0.29, 0.717) is 33.7 Å². The van der Waals surface area contributed by atoms with Crippen LogP contribution in [0, 0.1) is 13.8 Å². The Labute approximate surface area is 131 Å². The summed E-state index contributed by atoms with van der Waals surface area (Å²) in [4.78, 5) is 24.0. The Bertz CT molecular complexity index is 907. The van der Waals surface area contributed by atoms with Crippen LogP contribution in [0.25, 0.3) is 10.9 Å². The fourth-order valence-corrected chi connectivity index (χ4v) is 2.40. The van der Waals surface area contributed by atoms with Crippen molar-refractivity contribution < 1.29 is 18.7 Å². The Morgan fingerprint density at radius 3 is 2.70 bits per heavy atom. The molecular weight excluding hydrogens is 298 g/mol. The summed E-state index contributed by atoms with van der Waals surface area (Å²) in [7, 11) is 1.29. The van der Waals surface area contributed by atoms with Gasteiger partial charge in [0.25, 0.3) is 5.91 Å². The monoisotopic (exact) mass is 313 g/mol. The van der Waals surface area contributed by atoms with Gasteiger partial charge in [0.15, 0.2) is 5.69 Å². The van der Waals surface area contributed by atoms with Crippen LogP contribution in [0.2, 0.25) is 0 Å². The van der Waals surface area contributed by atoms with Crippen molar-refractivity contribution in [2.24, 2.45) is 0 Å². The Morgan fingerprint density at radius 1 is 1.26 bits per heavy atom. The zero-order chi connectivity index (χ0) is 16.6. The summed E-state index contributed by atoms with van der Waals surface area (Å²) in [5.41, 5.74) is 1.88. The number of ether oxygens (including phenoxy) is 1. The summed E-state index contributed by atoms with van der Waals surface area (Å²) in [5.74, 6) is 0.411. The number of hydrogen-bond donors (Lipinski definition) is 2. The highest BCUT2D eigenvalue weighted by Gasteiger charge is 2.17. The normalized spacial score (nSPS) is 10.7. The number of amides is 1. The molecular formula is C16H15N3O4. The highest BCUT2D eigenvalue weighted by Crippen LogP contribution is 2.22. The number of aromatic amines is 1. The molecule has 118 valence electrons. The quantitative estimate of drug-likeness (QED) is 0.725. The van der Waals surface area contributed by atoms with E-state index >= 15 is 0 Å². The number of methoxy groups -OCH3 is 1. The Balaban J connectivity index is 1.93. The van der Waals surface area contributed by atoms with E-state index in [1.165, 1.54) is 7.11 Å². The van der Waals surface area contributed by atoms with Crippen molar-refractivity contribution in [3.05, 3.63) is 47.0 Å². The standard InChI is InChI=1S/C16H15N3O4/c1-8-6-11(9(2)23-8)15(20)17-10-4-5-13-12(7-10)14(19-18-13)16(21)22-3/h4-7H,1-3H3,(H,17,20)(H,18,19). The van der Waals surface area contributed by atoms with Crippen molar-refractivity contribution in [3.8, 4) is 0 Å². The summed E-state index contributed by atoms with van der Waals surface area (Å²) in [6, 6.07) is 6.81. The molecule has 2 aromatic heterocycles. The number of hydrogen-bond acceptors (Lipinski definition) is 5. The van der Waals surface area contributed by atoms with E-state index in [-0.39, 0.29) is 11.6 Å². The van der Waals surface area contributed by atoms with Gasteiger partial charge >= 0.3 is 5.97 Å². The van der Waals surface area contributed by atoms with E-state index < -0.39 is 5.97 Å². The van der Waals surface area contributed by atoms with Gasteiger partial charge < -0.3 is 14.5 Å². The zero-order valence-electron chi connectivity index (χ0n) is 12.9. The summed E-state index contributed by atoms with van der Waals surface area (Å²) in [5, 5.41) is 10.0. The zero-order valence-corrected chi connectivity index (χ0v) is 12.9. The topological polar surface area (TPSA) is 97.2 Å². The van der Waals surface area contributed by atoms with E-state index in [2.05, 4.69) is 15.5 Å². The average molecular weight is 313 g/mol. The number of anilines is 1.